The monoisotopic (exact) mass is 328 g/mol. The predicted molar refractivity (Wildman–Crippen MR) is 86.0 cm³/mol. The van der Waals surface area contributed by atoms with Gasteiger partial charge in [-0.1, -0.05) is 6.92 Å². The van der Waals surface area contributed by atoms with E-state index in [1.165, 1.54) is 6.92 Å². The highest BCUT2D eigenvalue weighted by molar-refractivity contribution is 8.00. The third-order valence-corrected chi connectivity index (χ3v) is 6.48. The molecular weight excluding hydrogens is 308 g/mol. The zero-order chi connectivity index (χ0) is 15.5. The normalized spacial score (nSPS) is 20.8. The Kier molecular flexibility index (Phi) is 5.29. The number of anilines is 1. The molecule has 0 bridgehead atoms. The van der Waals surface area contributed by atoms with Crippen molar-refractivity contribution in [3.8, 4) is 0 Å². The first-order chi connectivity index (χ1) is 9.89. The summed E-state index contributed by atoms with van der Waals surface area (Å²) in [6.45, 7) is 4.65. The Balaban J connectivity index is 2.16. The number of rotatable bonds is 3. The molecule has 0 unspecified atom stereocenters. The third kappa shape index (κ3) is 4.21. The van der Waals surface area contributed by atoms with Crippen molar-refractivity contribution in [2.75, 3.05) is 24.2 Å². The minimum absolute atomic E-state index is 0.177. The van der Waals surface area contributed by atoms with Gasteiger partial charge < -0.3 is 5.32 Å². The minimum Gasteiger partial charge on any atom is -0.326 e. The van der Waals surface area contributed by atoms with Gasteiger partial charge in [0.1, 0.15) is 0 Å². The molecule has 1 amide bonds. The van der Waals surface area contributed by atoms with Gasteiger partial charge in [-0.2, -0.15) is 16.1 Å². The number of hydrogen-bond donors (Lipinski definition) is 1. The Morgan fingerprint density at radius 3 is 2.57 bits per heavy atom. The van der Waals surface area contributed by atoms with Crippen molar-refractivity contribution < 1.29 is 13.2 Å². The van der Waals surface area contributed by atoms with Crippen molar-refractivity contribution in [1.29, 1.82) is 0 Å². The van der Waals surface area contributed by atoms with Crippen molar-refractivity contribution >= 4 is 33.4 Å². The van der Waals surface area contributed by atoms with Crippen molar-refractivity contribution in [3.63, 3.8) is 0 Å². The molecule has 21 heavy (non-hydrogen) atoms. The number of nitrogens with zero attached hydrogens (tertiary/aromatic N) is 1. The molecule has 1 heterocycles. The first kappa shape index (κ1) is 16.3. The Morgan fingerprint density at radius 1 is 1.29 bits per heavy atom. The average Bonchev–Trinajstić information content (AvgIpc) is 2.64. The number of carbonyl (C=O) groups excluding carboxylic acids is 1. The smallest absolute Gasteiger partial charge is 0.243 e. The number of nitrogens with one attached hydrogen (secondary N) is 1. The Hall–Kier alpha value is -1.05. The van der Waals surface area contributed by atoms with Gasteiger partial charge in [-0.15, -0.1) is 0 Å². The number of carbonyl (C=O) groups is 1. The minimum atomic E-state index is -3.45. The van der Waals surface area contributed by atoms with Crippen LogP contribution in [-0.2, 0) is 14.8 Å². The molecule has 1 aromatic carbocycles. The van der Waals surface area contributed by atoms with E-state index in [4.69, 9.17) is 0 Å². The molecule has 0 aliphatic carbocycles. The van der Waals surface area contributed by atoms with Gasteiger partial charge in [0.25, 0.3) is 0 Å². The topological polar surface area (TPSA) is 66.5 Å². The molecule has 116 valence electrons. The van der Waals surface area contributed by atoms with Crippen LogP contribution in [0.1, 0.15) is 20.3 Å². The fraction of sp³-hybridized carbons (Fsp3) is 0.500. The maximum absolute atomic E-state index is 12.6. The molecular formula is C14H20N2O3S2. The molecule has 1 fully saturated rings. The molecule has 2 rings (SSSR count). The van der Waals surface area contributed by atoms with Crippen LogP contribution in [0.5, 0.6) is 0 Å². The summed E-state index contributed by atoms with van der Waals surface area (Å²) in [5, 5.41) is 3.12. The Bertz CT molecular complexity index is 599. The van der Waals surface area contributed by atoms with Crippen LogP contribution in [0.15, 0.2) is 29.2 Å². The van der Waals surface area contributed by atoms with Gasteiger partial charge in [0.15, 0.2) is 0 Å². The maximum atomic E-state index is 12.6. The first-order valence-electron chi connectivity index (χ1n) is 6.89. The lowest BCUT2D eigenvalue weighted by molar-refractivity contribution is -0.114. The zero-order valence-corrected chi connectivity index (χ0v) is 13.8. The zero-order valence-electron chi connectivity index (χ0n) is 12.2. The number of benzene rings is 1. The van der Waals surface area contributed by atoms with E-state index < -0.39 is 10.0 Å². The van der Waals surface area contributed by atoms with Crippen LogP contribution < -0.4 is 5.32 Å². The lowest BCUT2D eigenvalue weighted by Crippen LogP contribution is -2.33. The molecule has 1 atom stereocenters. The summed E-state index contributed by atoms with van der Waals surface area (Å²) in [6, 6.07) is 6.32. The van der Waals surface area contributed by atoms with E-state index >= 15 is 0 Å². The van der Waals surface area contributed by atoms with Crippen LogP contribution in [0, 0.1) is 0 Å². The molecule has 0 spiro atoms. The van der Waals surface area contributed by atoms with Gasteiger partial charge in [0, 0.05) is 36.7 Å². The molecule has 0 radical (unpaired) electrons. The average molecular weight is 328 g/mol. The van der Waals surface area contributed by atoms with Crippen molar-refractivity contribution in [1.82, 2.24) is 4.31 Å². The maximum Gasteiger partial charge on any atom is 0.243 e. The van der Waals surface area contributed by atoms with Gasteiger partial charge >= 0.3 is 0 Å². The fourth-order valence-corrected chi connectivity index (χ4v) is 4.75. The molecule has 1 aliphatic rings. The van der Waals surface area contributed by atoms with E-state index in [1.54, 1.807) is 28.6 Å². The summed E-state index contributed by atoms with van der Waals surface area (Å²) in [7, 11) is -3.45. The van der Waals surface area contributed by atoms with Gasteiger partial charge in [-0.3, -0.25) is 4.79 Å². The molecule has 7 heteroatoms. The number of amides is 1. The van der Waals surface area contributed by atoms with Crippen molar-refractivity contribution in [3.05, 3.63) is 24.3 Å². The van der Waals surface area contributed by atoms with E-state index in [0.717, 1.165) is 12.2 Å². The number of hydrogen-bond acceptors (Lipinski definition) is 4. The molecule has 5 nitrogen and oxygen atoms in total. The second-order valence-corrected chi connectivity index (χ2v) is 8.56. The van der Waals surface area contributed by atoms with Crippen LogP contribution in [-0.4, -0.2) is 42.7 Å². The van der Waals surface area contributed by atoms with E-state index in [9.17, 15) is 13.2 Å². The van der Waals surface area contributed by atoms with Gasteiger partial charge in [0.2, 0.25) is 15.9 Å². The van der Waals surface area contributed by atoms with Crippen LogP contribution in [0.2, 0.25) is 0 Å². The summed E-state index contributed by atoms with van der Waals surface area (Å²) in [5.41, 5.74) is 0.599. The molecule has 1 saturated heterocycles. The largest absolute Gasteiger partial charge is 0.326 e. The molecule has 0 aromatic heterocycles. The molecule has 1 aliphatic heterocycles. The van der Waals surface area contributed by atoms with E-state index in [1.807, 2.05) is 11.8 Å². The highest BCUT2D eigenvalue weighted by Crippen LogP contribution is 2.24. The standard InChI is InChI=1S/C14H20N2O3S2/c1-11-7-8-16(9-10-20-11)21(18,19)14-5-3-13(4-6-14)15-12(2)17/h3-6,11H,7-10H2,1-2H3,(H,15,17)/t11-/m1/s1. The van der Waals surface area contributed by atoms with Crippen LogP contribution in [0.3, 0.4) is 0 Å². The summed E-state index contributed by atoms with van der Waals surface area (Å²) < 4.78 is 26.8. The number of sulfonamides is 1. The van der Waals surface area contributed by atoms with Gasteiger partial charge in [0.05, 0.1) is 4.90 Å². The van der Waals surface area contributed by atoms with Crippen LogP contribution in [0.25, 0.3) is 0 Å². The molecule has 1 aromatic rings. The van der Waals surface area contributed by atoms with E-state index in [-0.39, 0.29) is 10.8 Å². The quantitative estimate of drug-likeness (QED) is 0.923. The highest BCUT2D eigenvalue weighted by Gasteiger charge is 2.26. The fourth-order valence-electron chi connectivity index (χ4n) is 2.18. The van der Waals surface area contributed by atoms with Crippen molar-refractivity contribution in [2.24, 2.45) is 0 Å². The first-order valence-corrected chi connectivity index (χ1v) is 9.38. The number of thioether (sulfide) groups is 1. The summed E-state index contributed by atoms with van der Waals surface area (Å²) >= 11 is 1.81. The predicted octanol–water partition coefficient (Wildman–Crippen LogP) is 2.16. The van der Waals surface area contributed by atoms with Crippen LogP contribution in [0.4, 0.5) is 5.69 Å². The second-order valence-electron chi connectivity index (χ2n) is 5.08. The van der Waals surface area contributed by atoms with Crippen molar-refractivity contribution in [2.45, 2.75) is 30.4 Å². The Labute approximate surface area is 130 Å². The second kappa shape index (κ2) is 6.81. The van der Waals surface area contributed by atoms with Gasteiger partial charge in [-0.05, 0) is 30.7 Å². The lowest BCUT2D eigenvalue weighted by Gasteiger charge is -2.20. The van der Waals surface area contributed by atoms with Crippen LogP contribution >= 0.6 is 11.8 Å². The summed E-state index contributed by atoms with van der Waals surface area (Å²) in [4.78, 5) is 11.2. The summed E-state index contributed by atoms with van der Waals surface area (Å²) in [5.74, 6) is 0.647. The van der Waals surface area contributed by atoms with E-state index in [0.29, 0.717) is 24.0 Å². The van der Waals surface area contributed by atoms with Gasteiger partial charge in [-0.25, -0.2) is 8.42 Å². The molecule has 1 N–H and O–H groups in total. The third-order valence-electron chi connectivity index (χ3n) is 3.34. The molecule has 0 saturated carbocycles. The lowest BCUT2D eigenvalue weighted by atomic mass is 10.3. The Morgan fingerprint density at radius 2 is 1.95 bits per heavy atom. The SMILES string of the molecule is CC(=O)Nc1ccc(S(=O)(=O)N2CCS[C@H](C)CC2)cc1. The highest BCUT2D eigenvalue weighted by atomic mass is 32.2. The van der Waals surface area contributed by atoms with E-state index in [2.05, 4.69) is 12.2 Å². The summed E-state index contributed by atoms with van der Waals surface area (Å²) in [6.07, 6.45) is 0.869.